The molecule has 17 nitrogen and oxygen atoms in total. The molecule has 2 aliphatic heterocycles. The molecule has 0 spiro atoms. The molecule has 2 heterocycles. The number of carbonyl (C=O) groups is 8. The first-order valence-corrected chi connectivity index (χ1v) is 16.2. The van der Waals surface area contributed by atoms with E-state index in [4.69, 9.17) is 20.4 Å². The molecule has 0 saturated heterocycles. The third-order valence-electron chi connectivity index (χ3n) is 7.24. The van der Waals surface area contributed by atoms with E-state index in [0.29, 0.717) is 58.8 Å². The molecule has 0 radical (unpaired) electrons. The molecule has 2 rings (SSSR count). The molecule has 17 heteroatoms. The van der Waals surface area contributed by atoms with Crippen LogP contribution in [0, 0.1) is 5.92 Å². The van der Waals surface area contributed by atoms with Gasteiger partial charge in [-0.25, -0.2) is 0 Å². The highest BCUT2D eigenvalue weighted by Gasteiger charge is 2.26. The van der Waals surface area contributed by atoms with Crippen LogP contribution in [0.3, 0.4) is 0 Å². The number of ketones is 1. The average Bonchev–Trinajstić information content (AvgIpc) is 3.60. The SMILES string of the molecule is [3H]OC(=O)CCOCCOCCOCCOCCNC(=O)C(CCCCNC(=O)CCN1C(=O)C=CC1=O)CC(=O)CCN1C(=O)C=CC1=O. The molecule has 1 atom stereocenters. The van der Waals surface area contributed by atoms with Crippen molar-refractivity contribution < 1.29 is 62.4 Å². The lowest BCUT2D eigenvalue weighted by Crippen LogP contribution is -2.36. The summed E-state index contributed by atoms with van der Waals surface area (Å²) in [7, 11) is 0. The summed E-state index contributed by atoms with van der Waals surface area (Å²) in [5, 5.41) is 9.26. The standard InChI is InChI=1S/C32H46N4O13/c37-25(8-13-35-27(39)4-5-28(35)40)23-24(3-1-2-11-33-26(38)9-14-36-29(41)6-7-30(36)42)32(45)34-12-16-47-18-20-49-22-21-48-19-17-46-15-10-31(43)44/h4-7,24H,1-3,8-23H2,(H,33,38)(H,34,45)(H,43,44)/i/hT. The molecular formula is C32H46N4O13. The quantitative estimate of drug-likeness (QED) is 0.0640. The van der Waals surface area contributed by atoms with Crippen molar-refractivity contribution in [2.24, 2.45) is 5.92 Å². The highest BCUT2D eigenvalue weighted by molar-refractivity contribution is 6.13. The van der Waals surface area contributed by atoms with Crippen molar-refractivity contribution in [3.8, 4) is 0 Å². The summed E-state index contributed by atoms with van der Waals surface area (Å²) < 4.78 is 27.8. The van der Waals surface area contributed by atoms with Crippen molar-refractivity contribution in [3.05, 3.63) is 24.3 Å². The van der Waals surface area contributed by atoms with Crippen molar-refractivity contribution in [2.45, 2.75) is 44.9 Å². The maximum absolute atomic E-state index is 13.0. The molecular weight excluding hydrogens is 648 g/mol. The fraction of sp³-hybridized carbons (Fsp3) is 0.625. The first-order chi connectivity index (χ1) is 24.1. The zero-order valence-electron chi connectivity index (χ0n) is 28.5. The van der Waals surface area contributed by atoms with Crippen molar-refractivity contribution in [1.82, 2.24) is 20.4 Å². The van der Waals surface area contributed by atoms with Gasteiger partial charge in [0.2, 0.25) is 11.8 Å². The number of amides is 6. The van der Waals surface area contributed by atoms with Crippen LogP contribution < -0.4 is 10.6 Å². The summed E-state index contributed by atoms with van der Waals surface area (Å²) >= 11 is 0. The smallest absolute Gasteiger partial charge is 0.305 e. The Hall–Kier alpha value is -4.32. The Balaban J connectivity index is 1.62. The van der Waals surface area contributed by atoms with Gasteiger partial charge in [-0.2, -0.15) is 0 Å². The van der Waals surface area contributed by atoms with E-state index >= 15 is 0 Å². The maximum atomic E-state index is 13.0. The summed E-state index contributed by atoms with van der Waals surface area (Å²) in [6.45, 7) is 2.63. The van der Waals surface area contributed by atoms with Gasteiger partial charge in [0.15, 0.2) is 0 Å². The second-order valence-electron chi connectivity index (χ2n) is 11.0. The highest BCUT2D eigenvalue weighted by atomic mass is 16.6. The first-order valence-electron chi connectivity index (χ1n) is 16.6. The molecule has 0 aromatic heterocycles. The molecule has 0 aliphatic carbocycles. The molecule has 0 aromatic rings. The number of nitrogens with one attached hydrogen (secondary N) is 2. The summed E-state index contributed by atoms with van der Waals surface area (Å²) in [6.07, 6.45) is 5.76. The summed E-state index contributed by atoms with van der Waals surface area (Å²) in [5.74, 6) is -4.17. The van der Waals surface area contributed by atoms with Gasteiger partial charge >= 0.3 is 5.97 Å². The monoisotopic (exact) mass is 696 g/mol. The number of Topliss-reactive ketones (excluding diaryl/α,β-unsaturated/α-hetero) is 1. The molecule has 0 bridgehead atoms. The number of ether oxygens (including phenoxy) is 4. The lowest BCUT2D eigenvalue weighted by Gasteiger charge is -2.18. The highest BCUT2D eigenvalue weighted by Crippen LogP contribution is 2.16. The normalized spacial score (nSPS) is 14.8. The minimum atomic E-state index is -0.672. The zero-order valence-corrected chi connectivity index (χ0v) is 27.5. The average molecular weight is 697 g/mol. The van der Waals surface area contributed by atoms with Gasteiger partial charge in [-0.1, -0.05) is 6.42 Å². The second-order valence-corrected chi connectivity index (χ2v) is 11.0. The zero-order chi connectivity index (χ0) is 36.6. The largest absolute Gasteiger partial charge is 0.481 e. The summed E-state index contributed by atoms with van der Waals surface area (Å²) in [4.78, 5) is 97.4. The van der Waals surface area contributed by atoms with Crippen LogP contribution in [-0.4, -0.2) is 141 Å². The van der Waals surface area contributed by atoms with Crippen LogP contribution in [0.5, 0.6) is 0 Å². The number of carboxylic acids is 1. The Morgan fingerprint density at radius 1 is 0.653 bits per heavy atom. The number of hydrogen-bond acceptors (Lipinski definition) is 13. The number of carbonyl (C=O) groups excluding carboxylic acids is 7. The Morgan fingerprint density at radius 3 is 1.71 bits per heavy atom. The van der Waals surface area contributed by atoms with E-state index in [1.807, 2.05) is 0 Å². The van der Waals surface area contributed by atoms with E-state index in [0.717, 1.165) is 34.1 Å². The van der Waals surface area contributed by atoms with E-state index in [1.54, 1.807) is 0 Å². The van der Waals surface area contributed by atoms with Crippen LogP contribution in [-0.2, 0) is 57.3 Å². The number of hydrogen-bond donors (Lipinski definition) is 3. The van der Waals surface area contributed by atoms with E-state index in [9.17, 15) is 38.4 Å². The molecule has 272 valence electrons. The molecule has 0 aromatic carbocycles. The van der Waals surface area contributed by atoms with Gasteiger partial charge in [-0.05, 0) is 12.8 Å². The van der Waals surface area contributed by atoms with E-state index in [1.165, 1.54) is 0 Å². The fourth-order valence-electron chi connectivity index (χ4n) is 4.60. The van der Waals surface area contributed by atoms with Crippen molar-refractivity contribution in [1.29, 1.82) is 1.43 Å². The Bertz CT molecular complexity index is 1210. The van der Waals surface area contributed by atoms with E-state index < -0.39 is 35.5 Å². The Kier molecular flexibility index (Phi) is 19.1. The van der Waals surface area contributed by atoms with Gasteiger partial charge in [0.25, 0.3) is 25.1 Å². The lowest BCUT2D eigenvalue weighted by molar-refractivity contribution is -0.139. The lowest BCUT2D eigenvalue weighted by atomic mass is 9.94. The number of nitrogens with zero attached hydrogens (tertiary/aromatic N) is 2. The van der Waals surface area contributed by atoms with E-state index in [2.05, 4.69) is 15.7 Å². The van der Waals surface area contributed by atoms with Crippen LogP contribution in [0.1, 0.15) is 44.9 Å². The van der Waals surface area contributed by atoms with Crippen molar-refractivity contribution in [2.75, 3.05) is 79.0 Å². The topological polar surface area (TPSA) is 224 Å². The van der Waals surface area contributed by atoms with Crippen LogP contribution in [0.2, 0.25) is 0 Å². The number of aliphatic carboxylic acids is 1. The molecule has 3 N–H and O–H groups in total. The molecule has 0 fully saturated rings. The van der Waals surface area contributed by atoms with Gasteiger partial charge in [0.05, 0.1) is 59.3 Å². The van der Waals surface area contributed by atoms with Crippen LogP contribution in [0.4, 0.5) is 0 Å². The molecule has 1 unspecified atom stereocenters. The molecule has 0 saturated carbocycles. The molecule has 6 amide bonds. The Morgan fingerprint density at radius 2 is 1.16 bits per heavy atom. The van der Waals surface area contributed by atoms with Gasteiger partial charge in [0, 0.05) is 75.7 Å². The third-order valence-corrected chi connectivity index (χ3v) is 7.24. The fourth-order valence-corrected chi connectivity index (χ4v) is 4.60. The number of carboxylic acid groups (broad SMARTS) is 1. The third kappa shape index (κ3) is 17.6. The van der Waals surface area contributed by atoms with Crippen molar-refractivity contribution >= 4 is 47.2 Å². The predicted octanol–water partition coefficient (Wildman–Crippen LogP) is -0.864. The number of rotatable bonds is 29. The van der Waals surface area contributed by atoms with Gasteiger partial charge in [0.1, 0.15) is 5.78 Å². The van der Waals surface area contributed by atoms with Gasteiger partial charge in [-0.3, -0.25) is 48.2 Å². The maximum Gasteiger partial charge on any atom is 0.305 e. The summed E-state index contributed by atoms with van der Waals surface area (Å²) in [5.41, 5.74) is 0. The van der Waals surface area contributed by atoms with Crippen LogP contribution in [0.15, 0.2) is 24.3 Å². The van der Waals surface area contributed by atoms with Gasteiger partial charge < -0.3 is 34.7 Å². The van der Waals surface area contributed by atoms with Crippen LogP contribution >= 0.6 is 0 Å². The number of imide groups is 2. The minimum Gasteiger partial charge on any atom is -0.481 e. The Labute approximate surface area is 285 Å². The van der Waals surface area contributed by atoms with Crippen LogP contribution in [0.25, 0.3) is 1.43 Å². The first kappa shape index (κ1) is 39.1. The molecule has 2 aliphatic rings. The minimum absolute atomic E-state index is 0.00120. The van der Waals surface area contributed by atoms with Crippen molar-refractivity contribution in [3.63, 3.8) is 0 Å². The molecule has 49 heavy (non-hydrogen) atoms. The van der Waals surface area contributed by atoms with Gasteiger partial charge in [-0.15, -0.1) is 0 Å². The summed E-state index contributed by atoms with van der Waals surface area (Å²) in [6, 6.07) is 0. The predicted molar refractivity (Wildman–Crippen MR) is 169 cm³/mol. The number of unbranched alkanes of at least 4 members (excludes halogenated alkanes) is 1. The van der Waals surface area contributed by atoms with E-state index in [-0.39, 0.29) is 82.7 Å². The second kappa shape index (κ2) is 23.9.